The van der Waals surface area contributed by atoms with Gasteiger partial charge in [0.15, 0.2) is 0 Å². The number of fused-ring (bicyclic) bond motifs is 3. The highest BCUT2D eigenvalue weighted by atomic mass is 16.5. The van der Waals surface area contributed by atoms with Crippen molar-refractivity contribution in [2.75, 3.05) is 0 Å². The van der Waals surface area contributed by atoms with E-state index in [0.717, 1.165) is 65.0 Å². The standard InChI is InChI=1S/C34H22O4/c1-19(35)37-26-14-23-13-11-22-7-5-9-29-30(17-25(16-26)32(23)34(22)29)31-18-27(38-20(2)36)15-24-12-10-21-6-3-4-8-28(21)33(24)31/h3-18H,1-2H3. The maximum Gasteiger partial charge on any atom is 0.308 e. The summed E-state index contributed by atoms with van der Waals surface area (Å²) in [5.41, 5.74) is 1.99. The number of carbonyl (C=O) groups is 2. The Bertz CT molecular complexity index is 2090. The van der Waals surface area contributed by atoms with Crippen molar-refractivity contribution in [2.45, 2.75) is 13.8 Å². The number of hydrogen-bond acceptors (Lipinski definition) is 4. The molecule has 0 aliphatic heterocycles. The second-order valence-corrected chi connectivity index (χ2v) is 9.68. The van der Waals surface area contributed by atoms with Gasteiger partial charge in [0, 0.05) is 13.8 Å². The van der Waals surface area contributed by atoms with Crippen LogP contribution in [0.5, 0.6) is 11.5 Å². The van der Waals surface area contributed by atoms with Crippen LogP contribution in [0.15, 0.2) is 97.1 Å². The van der Waals surface area contributed by atoms with Crippen LogP contribution in [0.2, 0.25) is 0 Å². The number of carbonyl (C=O) groups excluding carboxylic acids is 2. The molecule has 0 spiro atoms. The van der Waals surface area contributed by atoms with Gasteiger partial charge in [0.1, 0.15) is 11.5 Å². The van der Waals surface area contributed by atoms with Crippen LogP contribution >= 0.6 is 0 Å². The van der Waals surface area contributed by atoms with Crippen LogP contribution in [0.3, 0.4) is 0 Å². The third kappa shape index (κ3) is 3.46. The molecule has 7 rings (SSSR count). The van der Waals surface area contributed by atoms with Gasteiger partial charge in [0.25, 0.3) is 0 Å². The normalized spacial score (nSPS) is 11.6. The molecule has 0 radical (unpaired) electrons. The van der Waals surface area contributed by atoms with Crippen LogP contribution in [0.1, 0.15) is 13.8 Å². The highest BCUT2D eigenvalue weighted by molar-refractivity contribution is 6.28. The van der Waals surface area contributed by atoms with E-state index in [4.69, 9.17) is 9.47 Å². The zero-order chi connectivity index (χ0) is 26.0. The Morgan fingerprint density at radius 3 is 1.82 bits per heavy atom. The number of rotatable bonds is 3. The second-order valence-electron chi connectivity index (χ2n) is 9.68. The fourth-order valence-corrected chi connectivity index (χ4v) is 5.82. The van der Waals surface area contributed by atoms with E-state index >= 15 is 0 Å². The van der Waals surface area contributed by atoms with Crippen molar-refractivity contribution in [1.29, 1.82) is 0 Å². The molecule has 0 saturated heterocycles. The van der Waals surface area contributed by atoms with Crippen molar-refractivity contribution in [1.82, 2.24) is 0 Å². The maximum absolute atomic E-state index is 11.9. The highest BCUT2D eigenvalue weighted by Gasteiger charge is 2.18. The first kappa shape index (κ1) is 22.3. The van der Waals surface area contributed by atoms with Crippen LogP contribution in [0, 0.1) is 0 Å². The Kier molecular flexibility index (Phi) is 4.85. The summed E-state index contributed by atoms with van der Waals surface area (Å²) in [6, 6.07) is 32.9. The molecule has 0 aliphatic carbocycles. The monoisotopic (exact) mass is 494 g/mol. The molecular formula is C34H22O4. The van der Waals surface area contributed by atoms with Crippen molar-refractivity contribution >= 4 is 65.8 Å². The third-order valence-electron chi connectivity index (χ3n) is 7.18. The molecule has 182 valence electrons. The minimum absolute atomic E-state index is 0.357. The molecule has 0 aromatic heterocycles. The lowest BCUT2D eigenvalue weighted by Crippen LogP contribution is -2.02. The summed E-state index contributed by atoms with van der Waals surface area (Å²) in [6.07, 6.45) is 0. The van der Waals surface area contributed by atoms with E-state index in [9.17, 15) is 9.59 Å². The smallest absolute Gasteiger partial charge is 0.308 e. The highest BCUT2D eigenvalue weighted by Crippen LogP contribution is 2.45. The van der Waals surface area contributed by atoms with E-state index in [0.29, 0.717) is 11.5 Å². The number of benzene rings is 7. The van der Waals surface area contributed by atoms with E-state index < -0.39 is 0 Å². The van der Waals surface area contributed by atoms with Crippen LogP contribution in [0.4, 0.5) is 0 Å². The van der Waals surface area contributed by atoms with Crippen LogP contribution in [-0.2, 0) is 9.59 Å². The molecule has 4 nitrogen and oxygen atoms in total. The lowest BCUT2D eigenvalue weighted by molar-refractivity contribution is -0.132. The number of esters is 2. The van der Waals surface area contributed by atoms with Gasteiger partial charge in [-0.05, 0) is 95.3 Å². The predicted molar refractivity (Wildman–Crippen MR) is 153 cm³/mol. The Morgan fingerprint density at radius 2 is 1.05 bits per heavy atom. The SMILES string of the molecule is CC(=O)Oc1cc(-c2cc3cc(OC(C)=O)cc4ccc5cccc2c5c43)c2c(ccc3ccccc32)c1. The fraction of sp³-hybridized carbons (Fsp3) is 0.0588. The molecule has 0 saturated carbocycles. The van der Waals surface area contributed by atoms with Gasteiger partial charge in [0.05, 0.1) is 0 Å². The second kappa shape index (κ2) is 8.29. The Balaban J connectivity index is 1.66. The van der Waals surface area contributed by atoms with E-state index in [1.807, 2.05) is 36.4 Å². The van der Waals surface area contributed by atoms with Gasteiger partial charge in [0.2, 0.25) is 0 Å². The average molecular weight is 495 g/mol. The van der Waals surface area contributed by atoms with E-state index in [-0.39, 0.29) is 11.9 Å². The minimum atomic E-state index is -0.364. The van der Waals surface area contributed by atoms with Crippen LogP contribution < -0.4 is 9.47 Å². The van der Waals surface area contributed by atoms with Crippen molar-refractivity contribution in [3.05, 3.63) is 97.1 Å². The molecule has 38 heavy (non-hydrogen) atoms. The summed E-state index contributed by atoms with van der Waals surface area (Å²) >= 11 is 0. The molecule has 0 N–H and O–H groups in total. The van der Waals surface area contributed by atoms with Crippen molar-refractivity contribution < 1.29 is 19.1 Å². The summed E-state index contributed by atoms with van der Waals surface area (Å²) in [5, 5.41) is 10.8. The summed E-state index contributed by atoms with van der Waals surface area (Å²) in [7, 11) is 0. The average Bonchev–Trinajstić information content (AvgIpc) is 2.90. The van der Waals surface area contributed by atoms with Gasteiger partial charge in [-0.1, -0.05) is 66.7 Å². The largest absolute Gasteiger partial charge is 0.427 e. The maximum atomic E-state index is 11.9. The van der Waals surface area contributed by atoms with Gasteiger partial charge < -0.3 is 9.47 Å². The lowest BCUT2D eigenvalue weighted by atomic mass is 9.86. The van der Waals surface area contributed by atoms with Gasteiger partial charge in [-0.15, -0.1) is 0 Å². The summed E-state index contributed by atoms with van der Waals surface area (Å²) < 4.78 is 11.1. The van der Waals surface area contributed by atoms with Crippen LogP contribution in [-0.4, -0.2) is 11.9 Å². The van der Waals surface area contributed by atoms with Gasteiger partial charge in [-0.2, -0.15) is 0 Å². The number of ether oxygens (including phenoxy) is 2. The molecule has 0 unspecified atom stereocenters. The van der Waals surface area contributed by atoms with Gasteiger partial charge in [-0.25, -0.2) is 0 Å². The Hall–Kier alpha value is -4.96. The van der Waals surface area contributed by atoms with Gasteiger partial charge >= 0.3 is 11.9 Å². The summed E-state index contributed by atoms with van der Waals surface area (Å²) in [6.45, 7) is 2.83. The van der Waals surface area contributed by atoms with Crippen molar-refractivity contribution in [3.8, 4) is 22.6 Å². The summed E-state index contributed by atoms with van der Waals surface area (Å²) in [5.74, 6) is 0.292. The molecule has 0 fully saturated rings. The Morgan fingerprint density at radius 1 is 0.474 bits per heavy atom. The number of hydrogen-bond donors (Lipinski definition) is 0. The van der Waals surface area contributed by atoms with Crippen molar-refractivity contribution in [2.24, 2.45) is 0 Å². The molecule has 0 amide bonds. The third-order valence-corrected chi connectivity index (χ3v) is 7.18. The molecule has 0 atom stereocenters. The zero-order valence-electron chi connectivity index (χ0n) is 20.9. The fourth-order valence-electron chi connectivity index (χ4n) is 5.82. The first-order chi connectivity index (χ1) is 18.5. The van der Waals surface area contributed by atoms with Gasteiger partial charge in [-0.3, -0.25) is 9.59 Å². The first-order valence-electron chi connectivity index (χ1n) is 12.5. The molecule has 0 aliphatic rings. The molecule has 0 heterocycles. The first-order valence-corrected chi connectivity index (χ1v) is 12.5. The van der Waals surface area contributed by atoms with E-state index in [2.05, 4.69) is 60.7 Å². The zero-order valence-corrected chi connectivity index (χ0v) is 20.9. The molecule has 0 bridgehead atoms. The lowest BCUT2D eigenvalue weighted by Gasteiger charge is -2.18. The predicted octanol–water partition coefficient (Wildman–Crippen LogP) is 8.41. The quantitative estimate of drug-likeness (QED) is 0.141. The molecular weight excluding hydrogens is 472 g/mol. The van der Waals surface area contributed by atoms with E-state index in [1.54, 1.807) is 0 Å². The topological polar surface area (TPSA) is 52.6 Å². The molecule has 7 aromatic rings. The molecule has 7 aromatic carbocycles. The Labute approximate surface area is 218 Å². The molecule has 4 heteroatoms. The van der Waals surface area contributed by atoms with Crippen molar-refractivity contribution in [3.63, 3.8) is 0 Å². The minimum Gasteiger partial charge on any atom is -0.427 e. The summed E-state index contributed by atoms with van der Waals surface area (Å²) in [4.78, 5) is 23.7. The van der Waals surface area contributed by atoms with Crippen LogP contribution in [0.25, 0.3) is 65.0 Å². The van der Waals surface area contributed by atoms with E-state index in [1.165, 1.54) is 13.8 Å².